The molecule has 0 unspecified atom stereocenters. The molecule has 2 heterocycles. The average molecular weight is 368 g/mol. The number of aliphatic imine (C=N–C) groups is 1. The van der Waals surface area contributed by atoms with Gasteiger partial charge in [-0.15, -0.1) is 0 Å². The van der Waals surface area contributed by atoms with Crippen LogP contribution in [-0.4, -0.2) is 40.0 Å². The highest BCUT2D eigenvalue weighted by Crippen LogP contribution is 2.24. The molecule has 0 atom stereocenters. The average Bonchev–Trinajstić information content (AvgIpc) is 3.03. The van der Waals surface area contributed by atoms with Gasteiger partial charge < -0.3 is 9.88 Å². The van der Waals surface area contributed by atoms with Crippen molar-refractivity contribution >= 4 is 17.0 Å². The van der Waals surface area contributed by atoms with Gasteiger partial charge in [-0.1, -0.05) is 38.3 Å². The summed E-state index contributed by atoms with van der Waals surface area (Å²) in [7, 11) is 0. The number of H-pyrrole nitrogens is 1. The highest BCUT2D eigenvalue weighted by molar-refractivity contribution is 5.81. The van der Waals surface area contributed by atoms with Crippen molar-refractivity contribution in [2.24, 2.45) is 4.99 Å². The van der Waals surface area contributed by atoms with E-state index in [1.807, 2.05) is 35.0 Å². The van der Waals surface area contributed by atoms with Crippen molar-refractivity contribution in [2.45, 2.75) is 51.5 Å². The van der Waals surface area contributed by atoms with Gasteiger partial charge in [0.05, 0.1) is 11.0 Å². The number of rotatable bonds is 6. The first-order valence-corrected chi connectivity index (χ1v) is 9.88. The number of guanidine groups is 1. The zero-order chi connectivity index (χ0) is 19.1. The van der Waals surface area contributed by atoms with Crippen LogP contribution in [0.5, 0.6) is 0 Å². The van der Waals surface area contributed by atoms with Crippen LogP contribution >= 0.6 is 0 Å². The van der Waals surface area contributed by atoms with Gasteiger partial charge in [0.25, 0.3) is 0 Å². The van der Waals surface area contributed by atoms with Gasteiger partial charge in [0.15, 0.2) is 6.19 Å². The van der Waals surface area contributed by atoms with Gasteiger partial charge >= 0.3 is 5.69 Å². The third-order valence-corrected chi connectivity index (χ3v) is 5.19. The summed E-state index contributed by atoms with van der Waals surface area (Å²) in [6, 6.07) is 7.98. The molecule has 0 spiro atoms. The standard InChI is InChI=1S/C20H28N6O/c1-2-3-4-7-12-22-19(23-15-21)25-13-10-16(11-14-25)26-18-9-6-5-8-17(18)24-20(26)27/h5-6,8-9,16H,2-4,7,10-14H2,1H3,(H,22,23)(H,24,27). The van der Waals surface area contributed by atoms with E-state index < -0.39 is 0 Å². The van der Waals surface area contributed by atoms with Gasteiger partial charge in [0.2, 0.25) is 5.96 Å². The van der Waals surface area contributed by atoms with Crippen LogP contribution in [0.3, 0.4) is 0 Å². The van der Waals surface area contributed by atoms with Gasteiger partial charge in [-0.05, 0) is 31.4 Å². The predicted molar refractivity (Wildman–Crippen MR) is 108 cm³/mol. The van der Waals surface area contributed by atoms with Gasteiger partial charge in [-0.3, -0.25) is 14.9 Å². The molecule has 0 aliphatic carbocycles. The van der Waals surface area contributed by atoms with Gasteiger partial charge in [-0.25, -0.2) is 4.79 Å². The molecular weight excluding hydrogens is 340 g/mol. The molecule has 1 saturated heterocycles. The highest BCUT2D eigenvalue weighted by Gasteiger charge is 2.25. The van der Waals surface area contributed by atoms with E-state index in [1.54, 1.807) is 0 Å². The number of nitrogens with one attached hydrogen (secondary N) is 2. The van der Waals surface area contributed by atoms with E-state index in [0.717, 1.165) is 49.9 Å². The Hall–Kier alpha value is -2.75. The minimum atomic E-state index is -0.0467. The fourth-order valence-corrected chi connectivity index (χ4v) is 3.76. The van der Waals surface area contributed by atoms with E-state index in [1.165, 1.54) is 19.3 Å². The smallest absolute Gasteiger partial charge is 0.326 e. The molecule has 0 amide bonds. The maximum absolute atomic E-state index is 12.4. The summed E-state index contributed by atoms with van der Waals surface area (Å²) in [4.78, 5) is 22.1. The summed E-state index contributed by atoms with van der Waals surface area (Å²) in [6.07, 6.45) is 8.35. The second-order valence-corrected chi connectivity index (χ2v) is 7.04. The number of hydrogen-bond acceptors (Lipinski definition) is 3. The zero-order valence-electron chi connectivity index (χ0n) is 15.9. The molecule has 1 aliphatic rings. The number of nitriles is 1. The number of benzene rings is 1. The number of hydrogen-bond donors (Lipinski definition) is 2. The number of aromatic amines is 1. The van der Waals surface area contributed by atoms with Crippen molar-refractivity contribution in [3.05, 3.63) is 34.7 Å². The molecule has 1 aliphatic heterocycles. The van der Waals surface area contributed by atoms with Crippen LogP contribution in [0.25, 0.3) is 11.0 Å². The molecule has 2 N–H and O–H groups in total. The molecule has 3 rings (SSSR count). The van der Waals surface area contributed by atoms with E-state index >= 15 is 0 Å². The number of likely N-dealkylation sites (tertiary alicyclic amines) is 1. The normalized spacial score (nSPS) is 15.9. The van der Waals surface area contributed by atoms with E-state index in [9.17, 15) is 4.79 Å². The lowest BCUT2D eigenvalue weighted by molar-refractivity contribution is 0.262. The molecule has 27 heavy (non-hydrogen) atoms. The monoisotopic (exact) mass is 368 g/mol. The number of fused-ring (bicyclic) bond motifs is 1. The maximum Gasteiger partial charge on any atom is 0.326 e. The predicted octanol–water partition coefficient (Wildman–Crippen LogP) is 2.97. The third-order valence-electron chi connectivity index (χ3n) is 5.19. The number of aromatic nitrogens is 2. The molecule has 2 aromatic rings. The van der Waals surface area contributed by atoms with E-state index in [0.29, 0.717) is 5.96 Å². The molecule has 7 heteroatoms. The summed E-state index contributed by atoms with van der Waals surface area (Å²) in [5.41, 5.74) is 1.79. The summed E-state index contributed by atoms with van der Waals surface area (Å²) in [6.45, 7) is 4.49. The van der Waals surface area contributed by atoms with Crippen LogP contribution < -0.4 is 11.0 Å². The Morgan fingerprint density at radius 3 is 2.81 bits per heavy atom. The second kappa shape index (κ2) is 9.26. The van der Waals surface area contributed by atoms with Crippen molar-refractivity contribution < 1.29 is 0 Å². The molecular formula is C20H28N6O. The first-order valence-electron chi connectivity index (χ1n) is 9.88. The number of para-hydroxylation sites is 2. The van der Waals surface area contributed by atoms with Crippen LogP contribution in [0.2, 0.25) is 0 Å². The Bertz CT molecular complexity index is 866. The number of piperidine rings is 1. The van der Waals surface area contributed by atoms with Crippen molar-refractivity contribution in [3.8, 4) is 6.19 Å². The first-order chi connectivity index (χ1) is 13.2. The lowest BCUT2D eigenvalue weighted by Crippen LogP contribution is -2.45. The minimum absolute atomic E-state index is 0.0467. The van der Waals surface area contributed by atoms with Crippen LogP contribution in [-0.2, 0) is 0 Å². The lowest BCUT2D eigenvalue weighted by atomic mass is 10.0. The molecule has 1 aromatic carbocycles. The Morgan fingerprint density at radius 1 is 1.30 bits per heavy atom. The molecule has 0 bridgehead atoms. The Morgan fingerprint density at radius 2 is 2.07 bits per heavy atom. The summed E-state index contributed by atoms with van der Waals surface area (Å²) >= 11 is 0. The van der Waals surface area contributed by atoms with E-state index in [-0.39, 0.29) is 11.7 Å². The van der Waals surface area contributed by atoms with Crippen LogP contribution in [0.1, 0.15) is 51.5 Å². The fraction of sp³-hybridized carbons (Fsp3) is 0.550. The van der Waals surface area contributed by atoms with Gasteiger partial charge in [0.1, 0.15) is 0 Å². The van der Waals surface area contributed by atoms with Crippen LogP contribution in [0.15, 0.2) is 34.1 Å². The number of imidazole rings is 1. The fourth-order valence-electron chi connectivity index (χ4n) is 3.76. The maximum atomic E-state index is 12.4. The summed E-state index contributed by atoms with van der Waals surface area (Å²) in [5, 5.41) is 11.8. The summed E-state index contributed by atoms with van der Waals surface area (Å²) in [5.74, 6) is 0.665. The Kier molecular flexibility index (Phi) is 6.53. The molecule has 144 valence electrons. The van der Waals surface area contributed by atoms with Crippen molar-refractivity contribution in [1.82, 2.24) is 19.8 Å². The molecule has 1 fully saturated rings. The third kappa shape index (κ3) is 4.51. The van der Waals surface area contributed by atoms with Crippen LogP contribution in [0.4, 0.5) is 0 Å². The van der Waals surface area contributed by atoms with E-state index in [4.69, 9.17) is 5.26 Å². The SMILES string of the molecule is CCCCCCN=C(NC#N)N1CCC(n2c(=O)[nH]c3ccccc32)CC1. The molecule has 0 radical (unpaired) electrons. The number of nitrogens with zero attached hydrogens (tertiary/aromatic N) is 4. The van der Waals surface area contributed by atoms with Crippen molar-refractivity contribution in [2.75, 3.05) is 19.6 Å². The molecule has 1 aromatic heterocycles. The largest absolute Gasteiger partial charge is 0.342 e. The quantitative estimate of drug-likeness (QED) is 0.270. The lowest BCUT2D eigenvalue weighted by Gasteiger charge is -2.33. The second-order valence-electron chi connectivity index (χ2n) is 7.04. The van der Waals surface area contributed by atoms with Crippen molar-refractivity contribution in [3.63, 3.8) is 0 Å². The number of unbranched alkanes of at least 4 members (excludes halogenated alkanes) is 3. The first kappa shape index (κ1) is 19.0. The molecule has 0 saturated carbocycles. The molecule has 7 nitrogen and oxygen atoms in total. The highest BCUT2D eigenvalue weighted by atomic mass is 16.1. The topological polar surface area (TPSA) is 89.2 Å². The minimum Gasteiger partial charge on any atom is -0.342 e. The van der Waals surface area contributed by atoms with Crippen LogP contribution in [0, 0.1) is 11.5 Å². The van der Waals surface area contributed by atoms with E-state index in [2.05, 4.69) is 27.1 Å². The Balaban J connectivity index is 1.64. The van der Waals surface area contributed by atoms with Gasteiger partial charge in [-0.2, -0.15) is 5.26 Å². The zero-order valence-corrected chi connectivity index (χ0v) is 15.9. The summed E-state index contributed by atoms with van der Waals surface area (Å²) < 4.78 is 1.88. The van der Waals surface area contributed by atoms with Crippen molar-refractivity contribution in [1.29, 1.82) is 5.26 Å². The Labute approximate surface area is 159 Å². The van der Waals surface area contributed by atoms with Gasteiger partial charge in [0, 0.05) is 25.7 Å².